The Bertz CT molecular complexity index is 379. The van der Waals surface area contributed by atoms with Gasteiger partial charge in [-0.25, -0.2) is 9.67 Å². The molecule has 2 aliphatic rings. The Labute approximate surface area is 103 Å². The number of aryl methyl sites for hydroxylation is 1. The molecule has 1 aromatic heterocycles. The van der Waals surface area contributed by atoms with Crippen LogP contribution in [0, 0.1) is 11.8 Å². The van der Waals surface area contributed by atoms with Gasteiger partial charge in [-0.3, -0.25) is 0 Å². The summed E-state index contributed by atoms with van der Waals surface area (Å²) < 4.78 is 2.13. The molecule has 94 valence electrons. The molecule has 4 nitrogen and oxygen atoms in total. The minimum Gasteiger partial charge on any atom is -0.316 e. The number of nitrogens with one attached hydrogen (secondary N) is 1. The molecule has 2 atom stereocenters. The lowest BCUT2D eigenvalue weighted by Crippen LogP contribution is -2.31. The van der Waals surface area contributed by atoms with E-state index < -0.39 is 0 Å². The Kier molecular flexibility index (Phi) is 3.14. The first-order valence-electron chi connectivity index (χ1n) is 6.94. The molecule has 17 heavy (non-hydrogen) atoms. The summed E-state index contributed by atoms with van der Waals surface area (Å²) in [5.74, 6) is 3.80. The van der Waals surface area contributed by atoms with Gasteiger partial charge in [0.25, 0.3) is 0 Å². The van der Waals surface area contributed by atoms with Crippen LogP contribution in [0.5, 0.6) is 0 Å². The molecule has 0 spiro atoms. The molecule has 1 saturated heterocycles. The van der Waals surface area contributed by atoms with Crippen LogP contribution in [-0.4, -0.2) is 27.9 Å². The molecule has 0 bridgehead atoms. The molecular weight excluding hydrogens is 212 g/mol. The van der Waals surface area contributed by atoms with E-state index in [1.165, 1.54) is 31.6 Å². The van der Waals surface area contributed by atoms with E-state index in [0.717, 1.165) is 43.6 Å². The average Bonchev–Trinajstić information content (AvgIpc) is 2.71. The number of hydrogen-bond acceptors (Lipinski definition) is 3. The third-order valence-electron chi connectivity index (χ3n) is 4.03. The fourth-order valence-electron chi connectivity index (χ4n) is 2.96. The lowest BCUT2D eigenvalue weighted by atomic mass is 9.96. The summed E-state index contributed by atoms with van der Waals surface area (Å²) in [6.45, 7) is 5.69. The van der Waals surface area contributed by atoms with Gasteiger partial charge in [0.15, 0.2) is 5.82 Å². The molecule has 2 unspecified atom stereocenters. The molecule has 0 aliphatic carbocycles. The zero-order valence-corrected chi connectivity index (χ0v) is 10.7. The second-order valence-electron chi connectivity index (χ2n) is 5.68. The van der Waals surface area contributed by atoms with Crippen molar-refractivity contribution in [1.29, 1.82) is 0 Å². The van der Waals surface area contributed by atoms with Crippen molar-refractivity contribution in [3.63, 3.8) is 0 Å². The van der Waals surface area contributed by atoms with Gasteiger partial charge in [0.1, 0.15) is 5.82 Å². The van der Waals surface area contributed by atoms with Crippen molar-refractivity contribution in [2.45, 2.75) is 45.6 Å². The van der Waals surface area contributed by atoms with E-state index in [1.54, 1.807) is 0 Å². The van der Waals surface area contributed by atoms with Crippen LogP contribution in [0.1, 0.15) is 37.8 Å². The molecule has 0 aromatic carbocycles. The predicted molar refractivity (Wildman–Crippen MR) is 66.8 cm³/mol. The average molecular weight is 234 g/mol. The van der Waals surface area contributed by atoms with Gasteiger partial charge < -0.3 is 5.32 Å². The molecular formula is C13H22N4. The quantitative estimate of drug-likeness (QED) is 0.841. The second kappa shape index (κ2) is 4.77. The standard InChI is InChI=1S/C13H22N4/c1-10-4-6-17-13(7-10)15-12(16-17)8-11-3-2-5-14-9-11/h10-11,14H,2-9H2,1H3. The fourth-order valence-corrected chi connectivity index (χ4v) is 2.96. The summed E-state index contributed by atoms with van der Waals surface area (Å²) in [5.41, 5.74) is 0. The Morgan fingerprint density at radius 2 is 2.35 bits per heavy atom. The lowest BCUT2D eigenvalue weighted by molar-refractivity contribution is 0.367. The van der Waals surface area contributed by atoms with Crippen molar-refractivity contribution in [2.24, 2.45) is 11.8 Å². The van der Waals surface area contributed by atoms with Crippen LogP contribution in [0.15, 0.2) is 0 Å². The highest BCUT2D eigenvalue weighted by Gasteiger charge is 2.21. The zero-order valence-electron chi connectivity index (χ0n) is 10.7. The molecule has 1 N–H and O–H groups in total. The van der Waals surface area contributed by atoms with Crippen LogP contribution in [0.25, 0.3) is 0 Å². The van der Waals surface area contributed by atoms with E-state index in [2.05, 4.69) is 22.0 Å². The number of rotatable bonds is 2. The third kappa shape index (κ3) is 2.51. The van der Waals surface area contributed by atoms with Gasteiger partial charge in [0.2, 0.25) is 0 Å². The first-order valence-corrected chi connectivity index (χ1v) is 6.94. The van der Waals surface area contributed by atoms with Crippen LogP contribution in [0.2, 0.25) is 0 Å². The topological polar surface area (TPSA) is 42.7 Å². The summed E-state index contributed by atoms with van der Waals surface area (Å²) in [7, 11) is 0. The van der Waals surface area contributed by atoms with E-state index in [9.17, 15) is 0 Å². The van der Waals surface area contributed by atoms with Gasteiger partial charge in [0, 0.05) is 19.4 Å². The molecule has 1 aromatic rings. The molecule has 0 saturated carbocycles. The van der Waals surface area contributed by atoms with E-state index in [0.29, 0.717) is 0 Å². The smallest absolute Gasteiger partial charge is 0.151 e. The highest BCUT2D eigenvalue weighted by Crippen LogP contribution is 2.20. The minimum absolute atomic E-state index is 0.741. The molecule has 1 fully saturated rings. The maximum atomic E-state index is 4.72. The third-order valence-corrected chi connectivity index (χ3v) is 4.03. The summed E-state index contributed by atoms with van der Waals surface area (Å²) in [6, 6.07) is 0. The molecule has 0 radical (unpaired) electrons. The Balaban J connectivity index is 1.67. The van der Waals surface area contributed by atoms with E-state index in [1.807, 2.05) is 0 Å². The van der Waals surface area contributed by atoms with Crippen LogP contribution in [0.4, 0.5) is 0 Å². The predicted octanol–water partition coefficient (Wildman–Crippen LogP) is 1.40. The van der Waals surface area contributed by atoms with Crippen molar-refractivity contribution < 1.29 is 0 Å². The maximum absolute atomic E-state index is 4.72. The number of aromatic nitrogens is 3. The number of nitrogens with zero attached hydrogens (tertiary/aromatic N) is 3. The monoisotopic (exact) mass is 234 g/mol. The van der Waals surface area contributed by atoms with Gasteiger partial charge in [-0.2, -0.15) is 5.10 Å². The largest absolute Gasteiger partial charge is 0.316 e. The van der Waals surface area contributed by atoms with Crippen molar-refractivity contribution in [1.82, 2.24) is 20.1 Å². The summed E-state index contributed by atoms with van der Waals surface area (Å²) >= 11 is 0. The van der Waals surface area contributed by atoms with E-state index in [4.69, 9.17) is 4.98 Å². The van der Waals surface area contributed by atoms with E-state index in [-0.39, 0.29) is 0 Å². The number of fused-ring (bicyclic) bond motifs is 1. The highest BCUT2D eigenvalue weighted by molar-refractivity contribution is 4.98. The highest BCUT2D eigenvalue weighted by atomic mass is 15.3. The SMILES string of the molecule is CC1CCn2nc(CC3CCCNC3)nc2C1. The van der Waals surface area contributed by atoms with Crippen molar-refractivity contribution in [3.8, 4) is 0 Å². The fraction of sp³-hybridized carbons (Fsp3) is 0.846. The van der Waals surface area contributed by atoms with Gasteiger partial charge >= 0.3 is 0 Å². The molecule has 4 heteroatoms. The van der Waals surface area contributed by atoms with Gasteiger partial charge in [-0.05, 0) is 44.2 Å². The Hall–Kier alpha value is -0.900. The van der Waals surface area contributed by atoms with E-state index >= 15 is 0 Å². The molecule has 2 aliphatic heterocycles. The zero-order chi connectivity index (χ0) is 11.7. The van der Waals surface area contributed by atoms with Crippen LogP contribution in [0.3, 0.4) is 0 Å². The first-order chi connectivity index (χ1) is 8.31. The van der Waals surface area contributed by atoms with Crippen molar-refractivity contribution in [2.75, 3.05) is 13.1 Å². The molecule has 3 heterocycles. The summed E-state index contributed by atoms with van der Waals surface area (Å²) in [4.78, 5) is 4.72. The van der Waals surface area contributed by atoms with Crippen LogP contribution in [-0.2, 0) is 19.4 Å². The van der Waals surface area contributed by atoms with Gasteiger partial charge in [-0.15, -0.1) is 0 Å². The molecule has 0 amide bonds. The lowest BCUT2D eigenvalue weighted by Gasteiger charge is -2.21. The van der Waals surface area contributed by atoms with Crippen molar-refractivity contribution >= 4 is 0 Å². The first kappa shape index (κ1) is 11.2. The normalized spacial score (nSPS) is 29.0. The maximum Gasteiger partial charge on any atom is 0.151 e. The summed E-state index contributed by atoms with van der Waals surface area (Å²) in [5, 5.41) is 8.12. The summed E-state index contributed by atoms with van der Waals surface area (Å²) in [6.07, 6.45) is 6.04. The Morgan fingerprint density at radius 1 is 1.41 bits per heavy atom. The molecule has 3 rings (SSSR count). The Morgan fingerprint density at radius 3 is 3.18 bits per heavy atom. The van der Waals surface area contributed by atoms with Gasteiger partial charge in [0.05, 0.1) is 0 Å². The number of piperidine rings is 1. The number of hydrogen-bond donors (Lipinski definition) is 1. The van der Waals surface area contributed by atoms with Crippen molar-refractivity contribution in [3.05, 3.63) is 11.6 Å². The van der Waals surface area contributed by atoms with Crippen LogP contribution < -0.4 is 5.32 Å². The minimum atomic E-state index is 0.741. The second-order valence-corrected chi connectivity index (χ2v) is 5.68. The van der Waals surface area contributed by atoms with Gasteiger partial charge in [-0.1, -0.05) is 6.92 Å². The van der Waals surface area contributed by atoms with Crippen LogP contribution >= 0.6 is 0 Å².